The Morgan fingerprint density at radius 3 is 2.61 bits per heavy atom. The lowest BCUT2D eigenvalue weighted by atomic mass is 10.1. The zero-order valence-electron chi connectivity index (χ0n) is 15.5. The molecule has 0 aromatic carbocycles. The summed E-state index contributed by atoms with van der Waals surface area (Å²) in [6, 6.07) is 1.92. The van der Waals surface area contributed by atoms with E-state index in [1.165, 1.54) is 0 Å². The molecule has 1 aliphatic carbocycles. The number of hydrogen-bond acceptors (Lipinski definition) is 7. The SMILES string of the molecule is Cc1cc(Nc2nc(S(C)(=O)=O)nc(-c3cn(C)cn3)c2C2CC2)nn1PI. The first-order valence-corrected chi connectivity index (χ1v) is 14.5. The molecule has 12 heteroatoms. The Morgan fingerprint density at radius 1 is 1.32 bits per heavy atom. The second-order valence-corrected chi connectivity index (χ2v) is 10.8. The highest BCUT2D eigenvalue weighted by molar-refractivity contribution is 14.2. The van der Waals surface area contributed by atoms with Crippen molar-refractivity contribution in [2.45, 2.75) is 30.8 Å². The number of halogens is 1. The first-order chi connectivity index (χ1) is 13.3. The van der Waals surface area contributed by atoms with E-state index in [9.17, 15) is 8.42 Å². The molecule has 3 aromatic rings. The summed E-state index contributed by atoms with van der Waals surface area (Å²) < 4.78 is 28.2. The molecule has 0 saturated heterocycles. The van der Waals surface area contributed by atoms with Gasteiger partial charge in [-0.15, -0.1) is 0 Å². The van der Waals surface area contributed by atoms with Crippen LogP contribution in [0.4, 0.5) is 11.6 Å². The average molecular weight is 531 g/mol. The van der Waals surface area contributed by atoms with Crippen molar-refractivity contribution < 1.29 is 8.42 Å². The Hall–Kier alpha value is -1.59. The Balaban J connectivity index is 1.90. The van der Waals surface area contributed by atoms with E-state index in [-0.39, 0.29) is 11.1 Å². The first kappa shape index (κ1) is 19.7. The molecule has 148 valence electrons. The number of aromatic nitrogens is 6. The summed E-state index contributed by atoms with van der Waals surface area (Å²) >= 11 is 2.27. The van der Waals surface area contributed by atoms with Crippen molar-refractivity contribution in [3.05, 3.63) is 29.8 Å². The molecule has 9 nitrogen and oxygen atoms in total. The number of imidazole rings is 1. The van der Waals surface area contributed by atoms with Crippen LogP contribution in [0.15, 0.2) is 23.7 Å². The highest BCUT2D eigenvalue weighted by Gasteiger charge is 2.33. The van der Waals surface area contributed by atoms with Crippen LogP contribution in [0.25, 0.3) is 11.4 Å². The van der Waals surface area contributed by atoms with Crippen LogP contribution >= 0.6 is 28.4 Å². The van der Waals surface area contributed by atoms with Crippen molar-refractivity contribution in [1.82, 2.24) is 29.1 Å². The van der Waals surface area contributed by atoms with Gasteiger partial charge >= 0.3 is 0 Å². The standard InChI is InChI=1S/C16H19IN7O2PS/c1-9-6-12(22-24(9)27-17)19-15-13(10-4-5-10)14(11-7-23(2)8-18-11)20-16(21-15)28(3,25)26/h6-8,10,27H,4-5H2,1-3H3,(H,19,20,21,22). The van der Waals surface area contributed by atoms with E-state index < -0.39 is 9.84 Å². The molecule has 28 heavy (non-hydrogen) atoms. The average Bonchev–Trinajstić information content (AvgIpc) is 3.27. The smallest absolute Gasteiger partial charge is 0.249 e. The lowest BCUT2D eigenvalue weighted by molar-refractivity contribution is 0.593. The maximum Gasteiger partial charge on any atom is 0.249 e. The van der Waals surface area contributed by atoms with E-state index in [1.807, 2.05) is 35.3 Å². The van der Waals surface area contributed by atoms with Crippen LogP contribution in [0, 0.1) is 6.92 Å². The van der Waals surface area contributed by atoms with Crippen molar-refractivity contribution in [1.29, 1.82) is 0 Å². The van der Waals surface area contributed by atoms with Gasteiger partial charge in [0.15, 0.2) is 5.82 Å². The van der Waals surface area contributed by atoms with Crippen LogP contribution in [0.5, 0.6) is 0 Å². The molecule has 3 heterocycles. The Labute approximate surface area is 177 Å². The highest BCUT2D eigenvalue weighted by atomic mass is 127. The van der Waals surface area contributed by atoms with E-state index in [1.54, 1.807) is 6.33 Å². The van der Waals surface area contributed by atoms with Crippen LogP contribution < -0.4 is 5.32 Å². The van der Waals surface area contributed by atoms with Crippen LogP contribution in [-0.4, -0.2) is 43.7 Å². The lowest BCUT2D eigenvalue weighted by Gasteiger charge is -2.14. The molecule has 0 spiro atoms. The minimum Gasteiger partial charge on any atom is -0.340 e. The largest absolute Gasteiger partial charge is 0.340 e. The highest BCUT2D eigenvalue weighted by Crippen LogP contribution is 2.47. The van der Waals surface area contributed by atoms with Gasteiger partial charge < -0.3 is 9.88 Å². The van der Waals surface area contributed by atoms with Crippen LogP contribution in [0.3, 0.4) is 0 Å². The zero-order valence-corrected chi connectivity index (χ0v) is 19.5. The zero-order chi connectivity index (χ0) is 20.1. The summed E-state index contributed by atoms with van der Waals surface area (Å²) in [6.07, 6.45) is 7.12. The minimum absolute atomic E-state index is 0.216. The molecule has 1 fully saturated rings. The third-order valence-corrected chi connectivity index (χ3v) is 7.23. The van der Waals surface area contributed by atoms with E-state index >= 15 is 0 Å². The number of aryl methyl sites for hydroxylation is 2. The van der Waals surface area contributed by atoms with E-state index in [2.05, 4.69) is 47.4 Å². The molecule has 0 amide bonds. The Bertz CT molecular complexity index is 1150. The quantitative estimate of drug-likeness (QED) is 0.296. The Morgan fingerprint density at radius 2 is 2.07 bits per heavy atom. The Kier molecular flexibility index (Phi) is 5.17. The third-order valence-electron chi connectivity index (χ3n) is 4.40. The van der Waals surface area contributed by atoms with Gasteiger partial charge in [-0.05, 0) is 47.7 Å². The van der Waals surface area contributed by atoms with Crippen molar-refractivity contribution >= 4 is 49.9 Å². The summed E-state index contributed by atoms with van der Waals surface area (Å²) in [5, 5.41) is 7.55. The molecule has 1 aliphatic rings. The molecule has 0 aliphatic heterocycles. The van der Waals surface area contributed by atoms with Crippen molar-refractivity contribution in [2.75, 3.05) is 11.6 Å². The fourth-order valence-corrected chi connectivity index (χ4v) is 5.26. The maximum absolute atomic E-state index is 12.2. The fraction of sp³-hybridized carbons (Fsp3) is 0.375. The second kappa shape index (κ2) is 7.34. The lowest BCUT2D eigenvalue weighted by Crippen LogP contribution is -2.11. The predicted octanol–water partition coefficient (Wildman–Crippen LogP) is 3.20. The van der Waals surface area contributed by atoms with Crippen molar-refractivity contribution in [3.8, 4) is 11.4 Å². The summed E-state index contributed by atoms with van der Waals surface area (Å²) in [5.41, 5.74) is 3.11. The van der Waals surface area contributed by atoms with Crippen LogP contribution in [0.2, 0.25) is 0 Å². The normalized spacial score (nSPS) is 14.9. The number of rotatable bonds is 6. The molecular formula is C16H19IN7O2PS. The van der Waals surface area contributed by atoms with Gasteiger partial charge in [0.2, 0.25) is 15.0 Å². The molecule has 0 radical (unpaired) electrons. The van der Waals surface area contributed by atoms with Crippen LogP contribution in [0.1, 0.15) is 30.0 Å². The van der Waals surface area contributed by atoms with Crippen molar-refractivity contribution in [2.24, 2.45) is 7.05 Å². The van der Waals surface area contributed by atoms with E-state index in [0.29, 0.717) is 29.4 Å². The summed E-state index contributed by atoms with van der Waals surface area (Å²) in [5.74, 6) is 1.40. The van der Waals surface area contributed by atoms with Gasteiger partial charge in [-0.3, -0.25) is 0 Å². The third kappa shape index (κ3) is 3.92. The molecular weight excluding hydrogens is 512 g/mol. The van der Waals surface area contributed by atoms with Gasteiger partial charge in [0.05, 0.1) is 12.7 Å². The first-order valence-electron chi connectivity index (χ1n) is 8.57. The van der Waals surface area contributed by atoms with Crippen molar-refractivity contribution in [3.63, 3.8) is 0 Å². The van der Waals surface area contributed by atoms with Gasteiger partial charge in [-0.2, -0.15) is 5.10 Å². The molecule has 3 aromatic heterocycles. The molecule has 4 rings (SSSR count). The van der Waals surface area contributed by atoms with Gasteiger partial charge in [0.25, 0.3) is 0 Å². The number of hydrogen-bond donors (Lipinski definition) is 1. The van der Waals surface area contributed by atoms with E-state index in [0.717, 1.165) is 30.4 Å². The van der Waals surface area contributed by atoms with Crippen LogP contribution in [-0.2, 0) is 16.9 Å². The van der Waals surface area contributed by atoms with Gasteiger partial charge in [0.1, 0.15) is 17.2 Å². The molecule has 1 unspecified atom stereocenters. The molecule has 1 atom stereocenters. The fourth-order valence-electron chi connectivity index (χ4n) is 2.94. The molecule has 1 saturated carbocycles. The van der Waals surface area contributed by atoms with Gasteiger partial charge in [-0.1, -0.05) is 0 Å². The van der Waals surface area contributed by atoms with Gasteiger partial charge in [-0.25, -0.2) is 27.8 Å². The number of anilines is 2. The van der Waals surface area contributed by atoms with Gasteiger partial charge in [0, 0.05) is 36.8 Å². The molecule has 1 N–H and O–H groups in total. The topological polar surface area (TPSA) is 108 Å². The maximum atomic E-state index is 12.2. The molecule has 0 bridgehead atoms. The minimum atomic E-state index is -3.59. The number of nitrogens with zero attached hydrogens (tertiary/aromatic N) is 6. The number of sulfone groups is 1. The summed E-state index contributed by atoms with van der Waals surface area (Å²) in [4.78, 5) is 13.1. The summed E-state index contributed by atoms with van der Waals surface area (Å²) in [6.45, 7) is 1.98. The predicted molar refractivity (Wildman–Crippen MR) is 117 cm³/mol. The van der Waals surface area contributed by atoms with E-state index in [4.69, 9.17) is 0 Å². The monoisotopic (exact) mass is 531 g/mol. The second-order valence-electron chi connectivity index (χ2n) is 6.88. The number of nitrogens with one attached hydrogen (secondary N) is 1. The summed E-state index contributed by atoms with van der Waals surface area (Å²) in [7, 11) is -1.73.